The van der Waals surface area contributed by atoms with Gasteiger partial charge in [-0.3, -0.25) is 9.69 Å². The number of ether oxygens (including phenoxy) is 2. The second-order valence-electron chi connectivity index (χ2n) is 10.3. The zero-order valence-electron chi connectivity index (χ0n) is 23.6. The zero-order chi connectivity index (χ0) is 28.9. The van der Waals surface area contributed by atoms with Crippen LogP contribution in [0.3, 0.4) is 0 Å². The van der Waals surface area contributed by atoms with Crippen LogP contribution in [0.1, 0.15) is 27.0 Å². The second-order valence-corrected chi connectivity index (χ2v) is 10.3. The van der Waals surface area contributed by atoms with Gasteiger partial charge in [0.15, 0.2) is 5.82 Å². The molecule has 1 amide bonds. The van der Waals surface area contributed by atoms with E-state index in [2.05, 4.69) is 15.1 Å². The number of aromatic nitrogens is 3. The molecular formula is C31H35N5O5. The standard InChI is InChI=1S/C31H35N5O5/c1-21-7-4-5-10-27(21)36-29(32-33-31(36)39)26-19-25(22(2)17-28(26)37)30(38)34(3)20-23-8-6-9-24(18-23)41-16-13-35-11-14-40-15-12-35/h4-10,17-19,37H,11-16,20H2,1-3H3,(H,33,39). The van der Waals surface area contributed by atoms with Crippen LogP contribution in [-0.4, -0.2) is 82.1 Å². The lowest BCUT2D eigenvalue weighted by Crippen LogP contribution is -2.38. The highest BCUT2D eigenvalue weighted by Gasteiger charge is 2.22. The van der Waals surface area contributed by atoms with Crippen LogP contribution >= 0.6 is 0 Å². The summed E-state index contributed by atoms with van der Waals surface area (Å²) in [6, 6.07) is 18.3. The van der Waals surface area contributed by atoms with Crippen molar-refractivity contribution in [1.29, 1.82) is 0 Å². The first-order valence-corrected chi connectivity index (χ1v) is 13.7. The number of aromatic amines is 1. The molecule has 0 aliphatic carbocycles. The van der Waals surface area contributed by atoms with Crippen LogP contribution < -0.4 is 10.4 Å². The molecule has 1 aliphatic heterocycles. The fourth-order valence-electron chi connectivity index (χ4n) is 5.02. The summed E-state index contributed by atoms with van der Waals surface area (Å²) in [5.41, 5.74) is 3.30. The van der Waals surface area contributed by atoms with Crippen LogP contribution in [0.15, 0.2) is 65.5 Å². The number of aromatic hydroxyl groups is 1. The highest BCUT2D eigenvalue weighted by atomic mass is 16.5. The molecule has 214 valence electrons. The Hall–Kier alpha value is -4.41. The number of nitrogens with zero attached hydrogens (tertiary/aromatic N) is 4. The van der Waals surface area contributed by atoms with Crippen LogP contribution in [0.25, 0.3) is 17.1 Å². The SMILES string of the molecule is Cc1cc(O)c(-c2n[nH]c(=O)n2-c2ccccc2C)cc1C(=O)N(C)Cc1cccc(OCCN2CCOCC2)c1. The van der Waals surface area contributed by atoms with Gasteiger partial charge < -0.3 is 19.5 Å². The van der Waals surface area contributed by atoms with Gasteiger partial charge in [-0.05, 0) is 60.9 Å². The van der Waals surface area contributed by atoms with Gasteiger partial charge in [-0.15, -0.1) is 0 Å². The van der Waals surface area contributed by atoms with Crippen molar-refractivity contribution in [2.24, 2.45) is 0 Å². The van der Waals surface area contributed by atoms with Gasteiger partial charge >= 0.3 is 5.69 Å². The zero-order valence-corrected chi connectivity index (χ0v) is 23.6. The first-order chi connectivity index (χ1) is 19.8. The molecule has 10 nitrogen and oxygen atoms in total. The number of nitrogens with one attached hydrogen (secondary N) is 1. The van der Waals surface area contributed by atoms with Crippen LogP contribution in [0.4, 0.5) is 0 Å². The lowest BCUT2D eigenvalue weighted by Gasteiger charge is -2.26. The number of hydrogen-bond donors (Lipinski definition) is 2. The molecule has 3 aromatic carbocycles. The van der Waals surface area contributed by atoms with Gasteiger partial charge in [0.2, 0.25) is 0 Å². The molecule has 1 aliphatic rings. The second kappa shape index (κ2) is 12.4. The van der Waals surface area contributed by atoms with Crippen molar-refractivity contribution in [2.75, 3.05) is 46.5 Å². The summed E-state index contributed by atoms with van der Waals surface area (Å²) in [7, 11) is 1.73. The van der Waals surface area contributed by atoms with Crippen molar-refractivity contribution >= 4 is 5.91 Å². The summed E-state index contributed by atoms with van der Waals surface area (Å²) in [5, 5.41) is 17.5. The summed E-state index contributed by atoms with van der Waals surface area (Å²) in [6.07, 6.45) is 0. The van der Waals surface area contributed by atoms with Crippen LogP contribution in [0.2, 0.25) is 0 Å². The van der Waals surface area contributed by atoms with E-state index in [9.17, 15) is 14.7 Å². The fraction of sp³-hybridized carbons (Fsp3) is 0.323. The van der Waals surface area contributed by atoms with E-state index in [0.29, 0.717) is 30.0 Å². The predicted molar refractivity (Wildman–Crippen MR) is 156 cm³/mol. The number of rotatable bonds is 9. The number of phenolic OH excluding ortho intramolecular Hbond substituents is 1. The summed E-state index contributed by atoms with van der Waals surface area (Å²) in [6.45, 7) is 8.78. The van der Waals surface area contributed by atoms with E-state index in [1.165, 1.54) is 10.6 Å². The number of benzene rings is 3. The monoisotopic (exact) mass is 557 g/mol. The molecule has 0 atom stereocenters. The maximum absolute atomic E-state index is 13.6. The number of aryl methyl sites for hydroxylation is 2. The quantitative estimate of drug-likeness (QED) is 0.324. The lowest BCUT2D eigenvalue weighted by atomic mass is 10.0. The molecular weight excluding hydrogens is 522 g/mol. The van der Waals surface area contributed by atoms with Crippen molar-refractivity contribution in [2.45, 2.75) is 20.4 Å². The topological polar surface area (TPSA) is 113 Å². The van der Waals surface area contributed by atoms with Crippen molar-refractivity contribution in [1.82, 2.24) is 24.6 Å². The van der Waals surface area contributed by atoms with E-state index in [1.807, 2.05) is 49.4 Å². The number of hydrogen-bond acceptors (Lipinski definition) is 7. The molecule has 1 aromatic heterocycles. The number of carbonyl (C=O) groups excluding carboxylic acids is 1. The lowest BCUT2D eigenvalue weighted by molar-refractivity contribution is 0.0322. The summed E-state index contributed by atoms with van der Waals surface area (Å²) < 4.78 is 12.8. The highest BCUT2D eigenvalue weighted by Crippen LogP contribution is 2.32. The van der Waals surface area contributed by atoms with Gasteiger partial charge in [0.25, 0.3) is 5.91 Å². The van der Waals surface area contributed by atoms with Crippen molar-refractivity contribution in [3.8, 4) is 28.6 Å². The third-order valence-corrected chi connectivity index (χ3v) is 7.29. The minimum atomic E-state index is -0.439. The van der Waals surface area contributed by atoms with Gasteiger partial charge in [-0.1, -0.05) is 30.3 Å². The van der Waals surface area contributed by atoms with E-state index < -0.39 is 5.69 Å². The van der Waals surface area contributed by atoms with E-state index >= 15 is 0 Å². The average molecular weight is 558 g/mol. The number of H-pyrrole nitrogens is 1. The Morgan fingerprint density at radius 1 is 1.07 bits per heavy atom. The molecule has 1 fully saturated rings. The Kier molecular flexibility index (Phi) is 8.51. The van der Waals surface area contributed by atoms with E-state index in [4.69, 9.17) is 9.47 Å². The Balaban J connectivity index is 1.33. The fourth-order valence-corrected chi connectivity index (χ4v) is 5.02. The van der Waals surface area contributed by atoms with Gasteiger partial charge in [0, 0.05) is 38.8 Å². The average Bonchev–Trinajstić information content (AvgIpc) is 3.34. The summed E-state index contributed by atoms with van der Waals surface area (Å²) in [5.74, 6) is 0.688. The van der Waals surface area contributed by atoms with Crippen LogP contribution in [0.5, 0.6) is 11.5 Å². The molecule has 2 heterocycles. The van der Waals surface area contributed by atoms with Gasteiger partial charge in [-0.25, -0.2) is 14.5 Å². The third kappa shape index (κ3) is 6.34. The van der Waals surface area contributed by atoms with E-state index in [-0.39, 0.29) is 23.0 Å². The molecule has 5 rings (SSSR count). The van der Waals surface area contributed by atoms with E-state index in [1.54, 1.807) is 31.0 Å². The Morgan fingerprint density at radius 3 is 2.63 bits per heavy atom. The molecule has 4 aromatic rings. The molecule has 0 saturated carbocycles. The molecule has 0 radical (unpaired) electrons. The van der Waals surface area contributed by atoms with Crippen LogP contribution in [0, 0.1) is 13.8 Å². The Labute approximate surface area is 238 Å². The first kappa shape index (κ1) is 28.1. The number of phenols is 1. The number of amides is 1. The number of carbonyl (C=O) groups is 1. The minimum absolute atomic E-state index is 0.0718. The summed E-state index contributed by atoms with van der Waals surface area (Å²) in [4.78, 5) is 30.3. The van der Waals surface area contributed by atoms with E-state index in [0.717, 1.165) is 49.7 Å². The third-order valence-electron chi connectivity index (χ3n) is 7.29. The van der Waals surface area contributed by atoms with Crippen molar-refractivity contribution in [3.63, 3.8) is 0 Å². The number of morpholine rings is 1. The molecule has 0 unspecified atom stereocenters. The molecule has 0 spiro atoms. The summed E-state index contributed by atoms with van der Waals surface area (Å²) >= 11 is 0. The minimum Gasteiger partial charge on any atom is -0.507 e. The Morgan fingerprint density at radius 2 is 1.85 bits per heavy atom. The molecule has 1 saturated heterocycles. The van der Waals surface area contributed by atoms with Gasteiger partial charge in [-0.2, -0.15) is 5.10 Å². The smallest absolute Gasteiger partial charge is 0.348 e. The maximum atomic E-state index is 13.6. The molecule has 10 heteroatoms. The molecule has 41 heavy (non-hydrogen) atoms. The van der Waals surface area contributed by atoms with Crippen molar-refractivity contribution in [3.05, 3.63) is 93.4 Å². The maximum Gasteiger partial charge on any atom is 0.348 e. The Bertz CT molecular complexity index is 1590. The molecule has 0 bridgehead atoms. The van der Waals surface area contributed by atoms with Gasteiger partial charge in [0.05, 0.1) is 24.5 Å². The van der Waals surface area contributed by atoms with Crippen molar-refractivity contribution < 1.29 is 19.4 Å². The van der Waals surface area contributed by atoms with Crippen LogP contribution in [-0.2, 0) is 11.3 Å². The number of para-hydroxylation sites is 1. The highest BCUT2D eigenvalue weighted by molar-refractivity contribution is 5.97. The molecule has 2 N–H and O–H groups in total. The first-order valence-electron chi connectivity index (χ1n) is 13.7. The van der Waals surface area contributed by atoms with Gasteiger partial charge in [0.1, 0.15) is 18.1 Å². The normalized spacial score (nSPS) is 13.7. The largest absolute Gasteiger partial charge is 0.507 e. The predicted octanol–water partition coefficient (Wildman–Crippen LogP) is 3.53.